The van der Waals surface area contributed by atoms with Gasteiger partial charge in [0.1, 0.15) is 0 Å². The molecule has 2 aliphatic carbocycles. The predicted octanol–water partition coefficient (Wildman–Crippen LogP) is 11.4. The first-order valence-electron chi connectivity index (χ1n) is 16.1. The zero-order valence-electron chi connectivity index (χ0n) is 24.8. The average Bonchev–Trinajstić information content (AvgIpc) is 3.61. The first kappa shape index (κ1) is 25.4. The number of hydrogen-bond donors (Lipinski definition) is 0. The summed E-state index contributed by atoms with van der Waals surface area (Å²) in [5.41, 5.74) is 14.4. The van der Waals surface area contributed by atoms with Crippen molar-refractivity contribution in [1.29, 1.82) is 0 Å². The van der Waals surface area contributed by atoms with Crippen LogP contribution in [0.15, 0.2) is 127 Å². The van der Waals surface area contributed by atoms with E-state index in [9.17, 15) is 0 Å². The normalized spacial score (nSPS) is 14.8. The number of nitrogens with zero attached hydrogens (tertiary/aromatic N) is 2. The summed E-state index contributed by atoms with van der Waals surface area (Å²) in [6.45, 7) is 0. The van der Waals surface area contributed by atoms with E-state index in [0.29, 0.717) is 0 Å². The van der Waals surface area contributed by atoms with Gasteiger partial charge in [-0.15, -0.1) is 0 Å². The molecule has 0 saturated carbocycles. The van der Waals surface area contributed by atoms with Crippen LogP contribution in [0.4, 0.5) is 0 Å². The van der Waals surface area contributed by atoms with E-state index in [2.05, 4.69) is 143 Å². The highest BCUT2D eigenvalue weighted by atomic mass is 15.0. The van der Waals surface area contributed by atoms with Gasteiger partial charge in [-0.05, 0) is 97.2 Å². The SMILES string of the molecule is C1=Cc2c(n(-c3ccc(-c4ccccc4)cc3)c3cc(-c4ccc5c(c4)c4ccccc4n5C4=CCCCC4)ccc23)CC1. The third-order valence-electron chi connectivity index (χ3n) is 9.73. The Labute approximate surface area is 258 Å². The summed E-state index contributed by atoms with van der Waals surface area (Å²) in [6, 6.07) is 42.8. The Bertz CT molecular complexity index is 2260. The third kappa shape index (κ3) is 4.02. The summed E-state index contributed by atoms with van der Waals surface area (Å²) in [4.78, 5) is 0. The van der Waals surface area contributed by atoms with Crippen molar-refractivity contribution < 1.29 is 0 Å². The zero-order chi connectivity index (χ0) is 29.0. The van der Waals surface area contributed by atoms with Gasteiger partial charge >= 0.3 is 0 Å². The Morgan fingerprint density at radius 2 is 1.23 bits per heavy atom. The van der Waals surface area contributed by atoms with Crippen molar-refractivity contribution in [2.45, 2.75) is 38.5 Å². The fourth-order valence-electron chi connectivity index (χ4n) is 7.61. The topological polar surface area (TPSA) is 9.86 Å². The molecule has 2 aliphatic rings. The fraction of sp³-hybridized carbons (Fsp3) is 0.143. The molecule has 0 spiro atoms. The minimum absolute atomic E-state index is 1.05. The molecule has 0 N–H and O–H groups in total. The lowest BCUT2D eigenvalue weighted by molar-refractivity contribution is 0.724. The Kier molecular flexibility index (Phi) is 5.94. The Morgan fingerprint density at radius 1 is 0.477 bits per heavy atom. The molecule has 2 aromatic heterocycles. The maximum atomic E-state index is 2.52. The van der Waals surface area contributed by atoms with Crippen molar-refractivity contribution in [3.63, 3.8) is 0 Å². The van der Waals surface area contributed by atoms with Crippen LogP contribution in [0.25, 0.3) is 72.4 Å². The smallest absolute Gasteiger partial charge is 0.0543 e. The summed E-state index contributed by atoms with van der Waals surface area (Å²) in [5, 5.41) is 3.99. The van der Waals surface area contributed by atoms with Crippen LogP contribution in [0.3, 0.4) is 0 Å². The van der Waals surface area contributed by atoms with Crippen molar-refractivity contribution in [2.75, 3.05) is 0 Å². The second-order valence-corrected chi connectivity index (χ2v) is 12.3. The van der Waals surface area contributed by atoms with E-state index in [1.807, 2.05) is 0 Å². The first-order chi connectivity index (χ1) is 21.8. The molecule has 0 fully saturated rings. The first-order valence-corrected chi connectivity index (χ1v) is 16.1. The molecule has 9 rings (SSSR count). The number of hydrogen-bond acceptors (Lipinski definition) is 0. The van der Waals surface area contributed by atoms with Gasteiger partial charge in [0.05, 0.1) is 16.6 Å². The minimum Gasteiger partial charge on any atom is -0.313 e. The Balaban J connectivity index is 1.20. The van der Waals surface area contributed by atoms with Crippen molar-refractivity contribution in [3.05, 3.63) is 139 Å². The number of para-hydroxylation sites is 1. The molecule has 0 radical (unpaired) electrons. The lowest BCUT2D eigenvalue weighted by Crippen LogP contribution is -2.03. The molecule has 2 nitrogen and oxygen atoms in total. The van der Waals surface area contributed by atoms with E-state index < -0.39 is 0 Å². The van der Waals surface area contributed by atoms with Crippen LogP contribution < -0.4 is 0 Å². The van der Waals surface area contributed by atoms with E-state index >= 15 is 0 Å². The summed E-state index contributed by atoms with van der Waals surface area (Å²) < 4.78 is 5.02. The summed E-state index contributed by atoms with van der Waals surface area (Å²) >= 11 is 0. The quantitative estimate of drug-likeness (QED) is 0.201. The lowest BCUT2D eigenvalue weighted by atomic mass is 9.99. The van der Waals surface area contributed by atoms with Gasteiger partial charge in [-0.1, -0.05) is 97.1 Å². The Morgan fingerprint density at radius 3 is 2.09 bits per heavy atom. The van der Waals surface area contributed by atoms with Gasteiger partial charge in [0.25, 0.3) is 0 Å². The second-order valence-electron chi connectivity index (χ2n) is 12.3. The van der Waals surface area contributed by atoms with Crippen molar-refractivity contribution >= 4 is 44.5 Å². The van der Waals surface area contributed by atoms with Gasteiger partial charge in [-0.2, -0.15) is 0 Å². The molecule has 0 bridgehead atoms. The Hall–Kier alpha value is -5.08. The number of aromatic nitrogens is 2. The summed E-state index contributed by atoms with van der Waals surface area (Å²) in [6.07, 6.45) is 14.1. The van der Waals surface area contributed by atoms with Crippen LogP contribution >= 0.6 is 0 Å². The largest absolute Gasteiger partial charge is 0.313 e. The van der Waals surface area contributed by atoms with Crippen LogP contribution in [-0.2, 0) is 6.42 Å². The van der Waals surface area contributed by atoms with Gasteiger partial charge in [0, 0.05) is 38.8 Å². The number of benzene rings is 5. The highest BCUT2D eigenvalue weighted by Crippen LogP contribution is 2.40. The standard InChI is InChI=1S/C42H34N2/c1-3-11-29(12-4-1)30-19-23-34(24-20-30)44-39-17-9-7-15-35(39)37-25-21-32(28-42(37)44)31-22-26-41-38(27-31)36-16-8-10-18-40(36)43(41)33-13-5-2-6-14-33/h1,3-4,7-8,10-13,15-16,18-28H,2,5-6,9,14,17H2. The van der Waals surface area contributed by atoms with Gasteiger partial charge in [0.2, 0.25) is 0 Å². The molecule has 0 atom stereocenters. The monoisotopic (exact) mass is 566 g/mol. The number of fused-ring (bicyclic) bond motifs is 6. The van der Waals surface area contributed by atoms with Crippen LogP contribution in [0.1, 0.15) is 43.4 Å². The number of allylic oxidation sites excluding steroid dienone is 3. The van der Waals surface area contributed by atoms with E-state index in [4.69, 9.17) is 0 Å². The molecule has 0 aliphatic heterocycles. The van der Waals surface area contributed by atoms with E-state index in [0.717, 1.165) is 19.3 Å². The zero-order valence-corrected chi connectivity index (χ0v) is 24.8. The predicted molar refractivity (Wildman–Crippen MR) is 187 cm³/mol. The molecule has 0 saturated heterocycles. The third-order valence-corrected chi connectivity index (χ3v) is 9.73. The van der Waals surface area contributed by atoms with Crippen molar-refractivity contribution in [1.82, 2.24) is 9.13 Å². The second kappa shape index (κ2) is 10.3. The van der Waals surface area contributed by atoms with Crippen molar-refractivity contribution in [2.24, 2.45) is 0 Å². The molecule has 2 heteroatoms. The summed E-state index contributed by atoms with van der Waals surface area (Å²) in [7, 11) is 0. The molecule has 5 aromatic carbocycles. The van der Waals surface area contributed by atoms with Crippen LogP contribution in [0.5, 0.6) is 0 Å². The van der Waals surface area contributed by atoms with Crippen LogP contribution in [0.2, 0.25) is 0 Å². The summed E-state index contributed by atoms with van der Waals surface area (Å²) in [5.74, 6) is 0. The number of rotatable bonds is 4. The van der Waals surface area contributed by atoms with Gasteiger partial charge in [-0.25, -0.2) is 0 Å². The van der Waals surface area contributed by atoms with Gasteiger partial charge in [-0.3, -0.25) is 0 Å². The molecule has 2 heterocycles. The molecule has 0 unspecified atom stereocenters. The highest BCUT2D eigenvalue weighted by Gasteiger charge is 2.20. The van der Waals surface area contributed by atoms with Crippen LogP contribution in [-0.4, -0.2) is 9.13 Å². The maximum absolute atomic E-state index is 2.52. The van der Waals surface area contributed by atoms with E-state index in [-0.39, 0.29) is 0 Å². The van der Waals surface area contributed by atoms with Crippen molar-refractivity contribution in [3.8, 4) is 27.9 Å². The molecule has 44 heavy (non-hydrogen) atoms. The maximum Gasteiger partial charge on any atom is 0.0543 e. The van der Waals surface area contributed by atoms with Gasteiger partial charge < -0.3 is 9.13 Å². The lowest BCUT2D eigenvalue weighted by Gasteiger charge is -2.16. The average molecular weight is 567 g/mol. The fourth-order valence-corrected chi connectivity index (χ4v) is 7.61. The minimum atomic E-state index is 1.05. The molecule has 7 aromatic rings. The van der Waals surface area contributed by atoms with E-state index in [1.165, 1.54) is 96.9 Å². The highest BCUT2D eigenvalue weighted by molar-refractivity contribution is 6.11. The molecule has 0 amide bonds. The molecular formula is C42H34N2. The van der Waals surface area contributed by atoms with E-state index in [1.54, 1.807) is 0 Å². The molecule has 212 valence electrons. The van der Waals surface area contributed by atoms with Gasteiger partial charge in [0.15, 0.2) is 0 Å². The van der Waals surface area contributed by atoms with Crippen LogP contribution in [0, 0.1) is 0 Å². The molecular weight excluding hydrogens is 532 g/mol.